The Morgan fingerprint density at radius 1 is 1.00 bits per heavy atom. The molecule has 0 atom stereocenters. The third-order valence-electron chi connectivity index (χ3n) is 1.56. The van der Waals surface area contributed by atoms with Crippen LogP contribution in [0.15, 0.2) is 6.07 Å². The van der Waals surface area contributed by atoms with E-state index in [1.54, 1.807) is 0 Å². The zero-order valence-corrected chi connectivity index (χ0v) is 8.30. The summed E-state index contributed by atoms with van der Waals surface area (Å²) in [4.78, 5) is 0. The first-order valence-electron chi connectivity index (χ1n) is 3.39. The second-order valence-corrected chi connectivity index (χ2v) is 3.01. The van der Waals surface area contributed by atoms with Crippen molar-refractivity contribution < 1.29 is 17.6 Å². The van der Waals surface area contributed by atoms with Crippen molar-refractivity contribution in [1.29, 1.82) is 0 Å². The van der Waals surface area contributed by atoms with Crippen LogP contribution in [-0.4, -0.2) is 10.2 Å². The van der Waals surface area contributed by atoms with E-state index in [1.165, 1.54) is 0 Å². The van der Waals surface area contributed by atoms with E-state index in [9.17, 15) is 17.6 Å². The molecule has 12 heavy (non-hydrogen) atoms. The van der Waals surface area contributed by atoms with Crippen LogP contribution in [0.3, 0.4) is 0 Å². The van der Waals surface area contributed by atoms with Crippen molar-refractivity contribution >= 4 is 10.2 Å². The van der Waals surface area contributed by atoms with E-state index in [2.05, 4.69) is 0 Å². The summed E-state index contributed by atoms with van der Waals surface area (Å²) in [5.74, 6) is -5.49. The molecule has 1 aromatic carbocycles. The van der Waals surface area contributed by atoms with Gasteiger partial charge in [-0.15, -0.1) is 0 Å². The van der Waals surface area contributed by atoms with E-state index >= 15 is 0 Å². The molecule has 0 aromatic heterocycles. The van der Waals surface area contributed by atoms with E-state index in [-0.39, 0.29) is 11.6 Å². The van der Waals surface area contributed by atoms with Crippen molar-refractivity contribution in [2.75, 3.05) is 0 Å². The van der Waals surface area contributed by atoms with Crippen LogP contribution in [0.1, 0.15) is 5.56 Å². The van der Waals surface area contributed by atoms with E-state index in [1.807, 2.05) is 0 Å². The maximum Gasteiger partial charge on any atom is 0.194 e. The average molecular weight is 194 g/mol. The molecule has 0 N–H and O–H groups in total. The molecule has 0 aliphatic heterocycles. The first kappa shape index (κ1) is 9.25. The van der Waals surface area contributed by atoms with Crippen LogP contribution in [0.4, 0.5) is 17.6 Å². The van der Waals surface area contributed by atoms with Crippen molar-refractivity contribution in [3.8, 4) is 0 Å². The maximum absolute atomic E-state index is 12.7. The first-order chi connectivity index (χ1) is 5.57. The van der Waals surface area contributed by atoms with Crippen LogP contribution in [0, 0.1) is 23.3 Å². The molecule has 0 bridgehead atoms. The second kappa shape index (κ2) is 3.26. The van der Waals surface area contributed by atoms with Crippen molar-refractivity contribution in [2.45, 2.75) is 6.04 Å². The van der Waals surface area contributed by atoms with Gasteiger partial charge in [0.1, 0.15) is 5.82 Å². The molecular formula is C7H6F4Si. The van der Waals surface area contributed by atoms with Crippen molar-refractivity contribution in [3.05, 3.63) is 34.9 Å². The van der Waals surface area contributed by atoms with E-state index < -0.39 is 23.3 Å². The standard InChI is InChI=1S/C7H6F4Si/c8-4-1-5(9)7(11)6(10)3(4)2-12/h1H,2H2,12H3. The van der Waals surface area contributed by atoms with Crippen LogP contribution in [-0.2, 0) is 6.04 Å². The highest BCUT2D eigenvalue weighted by atomic mass is 28.1. The lowest BCUT2D eigenvalue weighted by Gasteiger charge is -2.02. The highest BCUT2D eigenvalue weighted by Gasteiger charge is 2.16. The molecule has 0 radical (unpaired) electrons. The van der Waals surface area contributed by atoms with Gasteiger partial charge in [0, 0.05) is 21.9 Å². The summed E-state index contributed by atoms with van der Waals surface area (Å²) in [6.45, 7) is 0. The molecule has 0 fully saturated rings. The fraction of sp³-hybridized carbons (Fsp3) is 0.143. The molecule has 5 heteroatoms. The Morgan fingerprint density at radius 3 is 2.08 bits per heavy atom. The second-order valence-electron chi connectivity index (χ2n) is 2.30. The van der Waals surface area contributed by atoms with Crippen LogP contribution >= 0.6 is 0 Å². The molecule has 0 heterocycles. The molecule has 66 valence electrons. The fourth-order valence-corrected chi connectivity index (χ4v) is 1.58. The van der Waals surface area contributed by atoms with Gasteiger partial charge in [-0.1, -0.05) is 0 Å². The Bertz CT molecular complexity index is 311. The average Bonchev–Trinajstić information content (AvgIpc) is 2.01. The van der Waals surface area contributed by atoms with Crippen LogP contribution in [0.5, 0.6) is 0 Å². The summed E-state index contributed by atoms with van der Waals surface area (Å²) in [6, 6.07) is 0.501. The van der Waals surface area contributed by atoms with Crippen molar-refractivity contribution in [3.63, 3.8) is 0 Å². The Balaban J connectivity index is 3.40. The number of hydrogen-bond donors (Lipinski definition) is 0. The summed E-state index contributed by atoms with van der Waals surface area (Å²) in [6.07, 6.45) is 0. The van der Waals surface area contributed by atoms with Gasteiger partial charge in [0.15, 0.2) is 17.5 Å². The van der Waals surface area contributed by atoms with Gasteiger partial charge in [0.05, 0.1) is 0 Å². The van der Waals surface area contributed by atoms with Crippen molar-refractivity contribution in [2.24, 2.45) is 0 Å². The molecule has 0 amide bonds. The monoisotopic (exact) mass is 194 g/mol. The lowest BCUT2D eigenvalue weighted by atomic mass is 10.2. The van der Waals surface area contributed by atoms with Gasteiger partial charge >= 0.3 is 0 Å². The minimum absolute atomic E-state index is 0.134. The molecule has 0 unspecified atom stereocenters. The third-order valence-corrected chi connectivity index (χ3v) is 2.27. The molecule has 1 rings (SSSR count). The minimum Gasteiger partial charge on any atom is -0.206 e. The fourth-order valence-electron chi connectivity index (χ4n) is 0.928. The van der Waals surface area contributed by atoms with Gasteiger partial charge in [0.25, 0.3) is 0 Å². The maximum atomic E-state index is 12.7. The molecule has 0 spiro atoms. The third kappa shape index (κ3) is 1.36. The zero-order valence-electron chi connectivity index (χ0n) is 6.30. The minimum atomic E-state index is -1.60. The quantitative estimate of drug-likeness (QED) is 0.272. The summed E-state index contributed by atoms with van der Waals surface area (Å²) < 4.78 is 50.1. The lowest BCUT2D eigenvalue weighted by Crippen LogP contribution is -2.02. The molecule has 0 saturated carbocycles. The van der Waals surface area contributed by atoms with Gasteiger partial charge in [0.2, 0.25) is 0 Å². The molecule has 0 nitrogen and oxygen atoms in total. The lowest BCUT2D eigenvalue weighted by molar-refractivity contribution is 0.428. The summed E-state index contributed by atoms with van der Waals surface area (Å²) in [7, 11) is 0.500. The molecule has 0 aliphatic rings. The zero-order chi connectivity index (χ0) is 9.30. The van der Waals surface area contributed by atoms with E-state index in [4.69, 9.17) is 0 Å². The predicted molar refractivity (Wildman–Crippen MR) is 39.9 cm³/mol. The highest BCUT2D eigenvalue weighted by molar-refractivity contribution is 6.08. The summed E-state index contributed by atoms with van der Waals surface area (Å²) in [5.41, 5.74) is -0.361. The largest absolute Gasteiger partial charge is 0.206 e. The molecule has 0 saturated heterocycles. The molecular weight excluding hydrogens is 188 g/mol. The molecule has 1 aromatic rings. The van der Waals surface area contributed by atoms with Gasteiger partial charge in [-0.3, -0.25) is 0 Å². The Kier molecular flexibility index (Phi) is 2.51. The van der Waals surface area contributed by atoms with Crippen molar-refractivity contribution in [1.82, 2.24) is 0 Å². The predicted octanol–water partition coefficient (Wildman–Crippen LogP) is 1.11. The Hall–Kier alpha value is -0.843. The summed E-state index contributed by atoms with van der Waals surface area (Å²) >= 11 is 0. The summed E-state index contributed by atoms with van der Waals surface area (Å²) in [5, 5.41) is 0. The van der Waals surface area contributed by atoms with Crippen LogP contribution in [0.2, 0.25) is 0 Å². The topological polar surface area (TPSA) is 0 Å². The normalized spacial score (nSPS) is 10.7. The van der Waals surface area contributed by atoms with E-state index in [0.717, 1.165) is 0 Å². The smallest absolute Gasteiger partial charge is 0.194 e. The van der Waals surface area contributed by atoms with Gasteiger partial charge in [-0.2, -0.15) is 0 Å². The Labute approximate surface area is 69.6 Å². The number of rotatable bonds is 1. The van der Waals surface area contributed by atoms with Crippen LogP contribution in [0.25, 0.3) is 0 Å². The van der Waals surface area contributed by atoms with Crippen LogP contribution < -0.4 is 0 Å². The van der Waals surface area contributed by atoms with E-state index in [0.29, 0.717) is 16.3 Å². The Morgan fingerprint density at radius 2 is 1.58 bits per heavy atom. The van der Waals surface area contributed by atoms with Gasteiger partial charge < -0.3 is 0 Å². The number of hydrogen-bond acceptors (Lipinski definition) is 0. The molecule has 0 aliphatic carbocycles. The SMILES string of the molecule is Fc1cc(F)c(C[SiH3])c(F)c1F. The number of benzene rings is 1. The first-order valence-corrected chi connectivity index (χ1v) is 4.81. The highest BCUT2D eigenvalue weighted by Crippen LogP contribution is 2.18. The van der Waals surface area contributed by atoms with Gasteiger partial charge in [-0.25, -0.2) is 17.6 Å². The van der Waals surface area contributed by atoms with Gasteiger partial charge in [-0.05, 0) is 6.04 Å². The number of halogens is 4.